The van der Waals surface area contributed by atoms with E-state index >= 15 is 0 Å². The van der Waals surface area contributed by atoms with Gasteiger partial charge in [0.1, 0.15) is 11.6 Å². The van der Waals surface area contributed by atoms with Crippen molar-refractivity contribution in [3.05, 3.63) is 34.7 Å². The number of ether oxygens (including phenoxy) is 1. The predicted molar refractivity (Wildman–Crippen MR) is 75.7 cm³/mol. The van der Waals surface area contributed by atoms with Crippen LogP contribution in [-0.4, -0.2) is 23.6 Å². The van der Waals surface area contributed by atoms with Crippen LogP contribution in [0.2, 0.25) is 0 Å². The molecule has 0 saturated heterocycles. The molecule has 0 aliphatic rings. The van der Waals surface area contributed by atoms with Crippen molar-refractivity contribution < 1.29 is 4.74 Å². The number of methoxy groups -OCH3 is 1. The molecule has 18 heavy (non-hydrogen) atoms. The maximum Gasteiger partial charge on any atom is 0.133 e. The molecule has 96 valence electrons. The monoisotopic (exact) mass is 309 g/mol. The average molecular weight is 310 g/mol. The summed E-state index contributed by atoms with van der Waals surface area (Å²) in [6, 6.07) is 5.95. The van der Waals surface area contributed by atoms with E-state index in [1.165, 1.54) is 0 Å². The van der Waals surface area contributed by atoms with Crippen LogP contribution in [0.25, 0.3) is 11.3 Å². The molecule has 0 radical (unpaired) electrons. The van der Waals surface area contributed by atoms with Gasteiger partial charge in [0.05, 0.1) is 23.5 Å². The van der Waals surface area contributed by atoms with E-state index in [9.17, 15) is 0 Å². The molecule has 5 heteroatoms. The lowest BCUT2D eigenvalue weighted by Gasteiger charge is -2.04. The molecule has 0 amide bonds. The van der Waals surface area contributed by atoms with Gasteiger partial charge in [-0.2, -0.15) is 0 Å². The van der Waals surface area contributed by atoms with Gasteiger partial charge in [0.15, 0.2) is 0 Å². The fourth-order valence-electron chi connectivity index (χ4n) is 1.74. The Morgan fingerprint density at radius 2 is 2.28 bits per heavy atom. The Hall–Kier alpha value is -1.33. The number of rotatable bonds is 5. The summed E-state index contributed by atoms with van der Waals surface area (Å²) in [7, 11) is 1.65. The number of hydrogen-bond donors (Lipinski definition) is 2. The van der Waals surface area contributed by atoms with Crippen molar-refractivity contribution in [2.24, 2.45) is 5.73 Å². The van der Waals surface area contributed by atoms with E-state index in [1.54, 1.807) is 7.11 Å². The van der Waals surface area contributed by atoms with Gasteiger partial charge in [0.2, 0.25) is 0 Å². The van der Waals surface area contributed by atoms with Gasteiger partial charge in [-0.05, 0) is 47.1 Å². The van der Waals surface area contributed by atoms with E-state index < -0.39 is 0 Å². The predicted octanol–water partition coefficient (Wildman–Crippen LogP) is 2.74. The topological polar surface area (TPSA) is 63.9 Å². The third-order valence-corrected chi connectivity index (χ3v) is 3.33. The Kier molecular flexibility index (Phi) is 4.38. The standard InChI is InChI=1S/C13H16BrN3O/c1-18-12-5-4-9(7-10(12)14)11-8-16-13(17-11)3-2-6-15/h4-5,7-8H,2-3,6,15H2,1H3,(H,16,17). The molecule has 0 unspecified atom stereocenters. The molecular formula is C13H16BrN3O. The quantitative estimate of drug-likeness (QED) is 0.892. The fourth-order valence-corrected chi connectivity index (χ4v) is 2.28. The SMILES string of the molecule is COc1ccc(-c2cnc(CCCN)[nH]2)cc1Br. The molecule has 0 aliphatic carbocycles. The molecule has 0 fully saturated rings. The molecule has 1 aromatic carbocycles. The molecule has 0 atom stereocenters. The van der Waals surface area contributed by atoms with Gasteiger partial charge in [-0.1, -0.05) is 0 Å². The van der Waals surface area contributed by atoms with Crippen LogP contribution in [0.3, 0.4) is 0 Å². The third-order valence-electron chi connectivity index (χ3n) is 2.71. The number of aromatic nitrogens is 2. The molecule has 2 rings (SSSR count). The zero-order valence-electron chi connectivity index (χ0n) is 10.2. The second-order valence-electron chi connectivity index (χ2n) is 3.99. The first-order valence-electron chi connectivity index (χ1n) is 5.82. The van der Waals surface area contributed by atoms with Crippen LogP contribution in [0.4, 0.5) is 0 Å². The number of hydrogen-bond acceptors (Lipinski definition) is 3. The highest BCUT2D eigenvalue weighted by Gasteiger charge is 2.06. The summed E-state index contributed by atoms with van der Waals surface area (Å²) < 4.78 is 6.14. The van der Waals surface area contributed by atoms with E-state index in [2.05, 4.69) is 25.9 Å². The molecule has 0 bridgehead atoms. The van der Waals surface area contributed by atoms with E-state index in [-0.39, 0.29) is 0 Å². The number of benzene rings is 1. The van der Waals surface area contributed by atoms with Crippen molar-refractivity contribution in [3.8, 4) is 17.0 Å². The number of aryl methyl sites for hydroxylation is 1. The van der Waals surface area contributed by atoms with Crippen LogP contribution in [0, 0.1) is 0 Å². The molecule has 1 heterocycles. The first-order chi connectivity index (χ1) is 8.74. The van der Waals surface area contributed by atoms with Gasteiger partial charge in [0.25, 0.3) is 0 Å². The molecule has 4 nitrogen and oxygen atoms in total. The Balaban J connectivity index is 2.20. The maximum absolute atomic E-state index is 5.48. The Labute approximate surface area is 115 Å². The number of halogens is 1. The average Bonchev–Trinajstić information content (AvgIpc) is 2.85. The van der Waals surface area contributed by atoms with Crippen LogP contribution in [0.15, 0.2) is 28.9 Å². The number of imidazole rings is 1. The Morgan fingerprint density at radius 1 is 1.44 bits per heavy atom. The lowest BCUT2D eigenvalue weighted by atomic mass is 10.1. The highest BCUT2D eigenvalue weighted by molar-refractivity contribution is 9.10. The fraction of sp³-hybridized carbons (Fsp3) is 0.308. The van der Waals surface area contributed by atoms with Gasteiger partial charge in [0, 0.05) is 12.0 Å². The van der Waals surface area contributed by atoms with Gasteiger partial charge in [-0.15, -0.1) is 0 Å². The summed E-state index contributed by atoms with van der Waals surface area (Å²) in [6.07, 6.45) is 3.67. The molecular weight excluding hydrogens is 294 g/mol. The van der Waals surface area contributed by atoms with Crippen molar-refractivity contribution in [2.75, 3.05) is 13.7 Å². The van der Waals surface area contributed by atoms with E-state index in [4.69, 9.17) is 10.5 Å². The Bertz CT molecular complexity index is 525. The van der Waals surface area contributed by atoms with Crippen LogP contribution in [0.1, 0.15) is 12.2 Å². The molecule has 0 spiro atoms. The van der Waals surface area contributed by atoms with Crippen LogP contribution < -0.4 is 10.5 Å². The first kappa shape index (κ1) is 13.1. The summed E-state index contributed by atoms with van der Waals surface area (Å²) in [5.41, 5.74) is 7.57. The van der Waals surface area contributed by atoms with Gasteiger partial charge < -0.3 is 15.5 Å². The number of aromatic amines is 1. The zero-order valence-corrected chi connectivity index (χ0v) is 11.8. The van der Waals surface area contributed by atoms with Gasteiger partial charge in [-0.3, -0.25) is 0 Å². The second kappa shape index (κ2) is 6.02. The first-order valence-corrected chi connectivity index (χ1v) is 6.61. The van der Waals surface area contributed by atoms with Crippen molar-refractivity contribution >= 4 is 15.9 Å². The summed E-state index contributed by atoms with van der Waals surface area (Å²) in [4.78, 5) is 7.65. The largest absolute Gasteiger partial charge is 0.496 e. The van der Waals surface area contributed by atoms with E-state index in [1.807, 2.05) is 24.4 Å². The maximum atomic E-state index is 5.48. The zero-order chi connectivity index (χ0) is 13.0. The Morgan fingerprint density at radius 3 is 2.94 bits per heavy atom. The lowest BCUT2D eigenvalue weighted by Crippen LogP contribution is -2.01. The summed E-state index contributed by atoms with van der Waals surface area (Å²) >= 11 is 3.48. The third kappa shape index (κ3) is 2.91. The van der Waals surface area contributed by atoms with E-state index in [0.717, 1.165) is 40.1 Å². The number of H-pyrrole nitrogens is 1. The van der Waals surface area contributed by atoms with Gasteiger partial charge in [-0.25, -0.2) is 4.98 Å². The summed E-state index contributed by atoms with van der Waals surface area (Å²) in [5, 5.41) is 0. The smallest absolute Gasteiger partial charge is 0.133 e. The van der Waals surface area contributed by atoms with Crippen LogP contribution in [-0.2, 0) is 6.42 Å². The molecule has 3 N–H and O–H groups in total. The number of nitrogens with two attached hydrogens (primary N) is 1. The van der Waals surface area contributed by atoms with Crippen molar-refractivity contribution in [3.63, 3.8) is 0 Å². The minimum atomic E-state index is 0.685. The normalized spacial score (nSPS) is 10.6. The molecule has 0 aliphatic heterocycles. The van der Waals surface area contributed by atoms with Crippen LogP contribution >= 0.6 is 15.9 Å². The minimum Gasteiger partial charge on any atom is -0.496 e. The van der Waals surface area contributed by atoms with Crippen LogP contribution in [0.5, 0.6) is 5.75 Å². The summed E-state index contributed by atoms with van der Waals surface area (Å²) in [6.45, 7) is 0.685. The number of nitrogens with zero attached hydrogens (tertiary/aromatic N) is 1. The lowest BCUT2D eigenvalue weighted by molar-refractivity contribution is 0.412. The highest BCUT2D eigenvalue weighted by Crippen LogP contribution is 2.29. The van der Waals surface area contributed by atoms with E-state index in [0.29, 0.717) is 6.54 Å². The molecule has 1 aromatic heterocycles. The van der Waals surface area contributed by atoms with Crippen molar-refractivity contribution in [1.29, 1.82) is 0 Å². The minimum absolute atomic E-state index is 0.685. The number of nitrogens with one attached hydrogen (secondary N) is 1. The van der Waals surface area contributed by atoms with Crippen molar-refractivity contribution in [2.45, 2.75) is 12.8 Å². The highest BCUT2D eigenvalue weighted by atomic mass is 79.9. The summed E-state index contributed by atoms with van der Waals surface area (Å²) in [5.74, 6) is 1.80. The second-order valence-corrected chi connectivity index (χ2v) is 4.84. The van der Waals surface area contributed by atoms with Crippen molar-refractivity contribution in [1.82, 2.24) is 9.97 Å². The molecule has 0 saturated carbocycles. The van der Waals surface area contributed by atoms with Gasteiger partial charge >= 0.3 is 0 Å². The molecule has 2 aromatic rings.